The first-order valence-corrected chi connectivity index (χ1v) is 6.20. The van der Waals surface area contributed by atoms with Crippen LogP contribution in [0.4, 0.5) is 5.69 Å². The lowest BCUT2D eigenvalue weighted by Crippen LogP contribution is -2.23. The minimum absolute atomic E-state index is 0.0396. The Morgan fingerprint density at radius 3 is 2.86 bits per heavy atom. The summed E-state index contributed by atoms with van der Waals surface area (Å²) in [6.07, 6.45) is 1.50. The van der Waals surface area contributed by atoms with Crippen molar-refractivity contribution in [2.24, 2.45) is 5.73 Å². The van der Waals surface area contributed by atoms with E-state index in [-0.39, 0.29) is 24.6 Å². The molecule has 0 aliphatic carbocycles. The van der Waals surface area contributed by atoms with Crippen LogP contribution in [0.1, 0.15) is 16.1 Å². The van der Waals surface area contributed by atoms with E-state index in [9.17, 15) is 9.59 Å². The number of hydrogen-bond acceptors (Lipinski definition) is 6. The molecule has 2 aromatic rings. The molecule has 0 spiro atoms. The first-order chi connectivity index (χ1) is 10.2. The Kier molecular flexibility index (Phi) is 4.62. The van der Waals surface area contributed by atoms with Gasteiger partial charge in [0.05, 0.1) is 30.3 Å². The fourth-order valence-electron chi connectivity index (χ4n) is 1.78. The van der Waals surface area contributed by atoms with Crippen molar-refractivity contribution in [2.75, 3.05) is 12.4 Å². The smallest absolute Gasteiger partial charge is 0.339 e. The van der Waals surface area contributed by atoms with E-state index in [1.807, 2.05) is 0 Å². The monoisotopic (exact) mass is 289 g/mol. The number of para-hydroxylation sites is 1. The number of benzene rings is 1. The standard InChI is InChI=1S/C13H15N5O3/c1-21-13(20)10-4-2-3-5-11(10)16-12(19)8-18-9(6-14)7-15-17-18/h2-5,7H,6,8,14H2,1H3,(H,16,19). The average molecular weight is 289 g/mol. The van der Waals surface area contributed by atoms with Gasteiger partial charge in [-0.3, -0.25) is 4.79 Å². The minimum atomic E-state index is -0.519. The molecule has 0 bridgehead atoms. The van der Waals surface area contributed by atoms with Crippen LogP contribution in [-0.2, 0) is 22.6 Å². The van der Waals surface area contributed by atoms with E-state index >= 15 is 0 Å². The van der Waals surface area contributed by atoms with E-state index in [1.54, 1.807) is 24.3 Å². The molecule has 0 atom stereocenters. The summed E-state index contributed by atoms with van der Waals surface area (Å²) in [4.78, 5) is 23.6. The molecule has 1 aromatic heterocycles. The predicted molar refractivity (Wildman–Crippen MR) is 74.3 cm³/mol. The van der Waals surface area contributed by atoms with Crippen molar-refractivity contribution in [3.63, 3.8) is 0 Å². The molecule has 1 heterocycles. The summed E-state index contributed by atoms with van der Waals surface area (Å²) < 4.78 is 6.07. The number of aromatic nitrogens is 3. The lowest BCUT2D eigenvalue weighted by molar-refractivity contribution is -0.117. The van der Waals surface area contributed by atoms with Crippen LogP contribution in [-0.4, -0.2) is 34.0 Å². The van der Waals surface area contributed by atoms with Gasteiger partial charge in [-0.15, -0.1) is 5.10 Å². The Balaban J connectivity index is 2.11. The number of carbonyl (C=O) groups excluding carboxylic acids is 2. The number of carbonyl (C=O) groups is 2. The maximum atomic E-state index is 12.0. The zero-order valence-corrected chi connectivity index (χ0v) is 11.4. The van der Waals surface area contributed by atoms with Gasteiger partial charge in [-0.1, -0.05) is 17.3 Å². The zero-order valence-electron chi connectivity index (χ0n) is 11.4. The largest absolute Gasteiger partial charge is 0.465 e. The summed E-state index contributed by atoms with van der Waals surface area (Å²) in [7, 11) is 1.28. The SMILES string of the molecule is COC(=O)c1ccccc1NC(=O)Cn1nncc1CN. The second-order valence-electron chi connectivity index (χ2n) is 4.17. The molecule has 8 heteroatoms. The number of methoxy groups -OCH3 is 1. The summed E-state index contributed by atoms with van der Waals surface area (Å²) in [6.45, 7) is 0.196. The van der Waals surface area contributed by atoms with Gasteiger partial charge in [0.25, 0.3) is 0 Å². The van der Waals surface area contributed by atoms with Gasteiger partial charge in [-0.2, -0.15) is 0 Å². The molecule has 8 nitrogen and oxygen atoms in total. The lowest BCUT2D eigenvalue weighted by Gasteiger charge is -2.10. The normalized spacial score (nSPS) is 10.2. The van der Waals surface area contributed by atoms with E-state index in [0.717, 1.165) is 0 Å². The molecule has 110 valence electrons. The molecular weight excluding hydrogens is 274 g/mol. The lowest BCUT2D eigenvalue weighted by atomic mass is 10.2. The van der Waals surface area contributed by atoms with Crippen molar-refractivity contribution in [1.82, 2.24) is 15.0 Å². The maximum Gasteiger partial charge on any atom is 0.339 e. The van der Waals surface area contributed by atoms with Crippen LogP contribution in [0.5, 0.6) is 0 Å². The van der Waals surface area contributed by atoms with E-state index < -0.39 is 5.97 Å². The molecule has 1 aromatic carbocycles. The molecule has 0 aliphatic rings. The van der Waals surface area contributed by atoms with Gasteiger partial charge >= 0.3 is 5.97 Å². The maximum absolute atomic E-state index is 12.0. The van der Waals surface area contributed by atoms with Crippen LogP contribution < -0.4 is 11.1 Å². The van der Waals surface area contributed by atoms with Crippen molar-refractivity contribution in [2.45, 2.75) is 13.1 Å². The third kappa shape index (κ3) is 3.42. The van der Waals surface area contributed by atoms with Crippen molar-refractivity contribution in [3.05, 3.63) is 41.7 Å². The number of anilines is 1. The van der Waals surface area contributed by atoms with Gasteiger partial charge in [0.2, 0.25) is 5.91 Å². The summed E-state index contributed by atoms with van der Waals surface area (Å²) in [5.41, 5.74) is 6.82. The summed E-state index contributed by atoms with van der Waals surface area (Å²) in [6, 6.07) is 6.59. The number of amides is 1. The van der Waals surface area contributed by atoms with Crippen LogP contribution in [0.3, 0.4) is 0 Å². The molecule has 1 amide bonds. The molecular formula is C13H15N5O3. The van der Waals surface area contributed by atoms with E-state index in [2.05, 4.69) is 20.4 Å². The summed E-state index contributed by atoms with van der Waals surface area (Å²) >= 11 is 0. The molecule has 2 rings (SSSR count). The fraction of sp³-hybridized carbons (Fsp3) is 0.231. The Hall–Kier alpha value is -2.74. The van der Waals surface area contributed by atoms with Gasteiger partial charge in [0.15, 0.2) is 0 Å². The van der Waals surface area contributed by atoms with Gasteiger partial charge in [0, 0.05) is 6.54 Å². The number of nitrogens with one attached hydrogen (secondary N) is 1. The second-order valence-corrected chi connectivity index (χ2v) is 4.17. The average Bonchev–Trinajstić information content (AvgIpc) is 2.94. The van der Waals surface area contributed by atoms with Crippen LogP contribution in [0, 0.1) is 0 Å². The molecule has 0 saturated carbocycles. The number of esters is 1. The first kappa shape index (κ1) is 14.7. The van der Waals surface area contributed by atoms with E-state index in [0.29, 0.717) is 11.4 Å². The highest BCUT2D eigenvalue weighted by Gasteiger charge is 2.14. The highest BCUT2D eigenvalue weighted by atomic mass is 16.5. The second kappa shape index (κ2) is 6.62. The van der Waals surface area contributed by atoms with Crippen LogP contribution >= 0.6 is 0 Å². The number of ether oxygens (including phenoxy) is 1. The number of nitrogens with two attached hydrogens (primary N) is 1. The minimum Gasteiger partial charge on any atom is -0.465 e. The van der Waals surface area contributed by atoms with Crippen molar-refractivity contribution in [3.8, 4) is 0 Å². The van der Waals surface area contributed by atoms with Gasteiger partial charge in [-0.05, 0) is 12.1 Å². The highest BCUT2D eigenvalue weighted by Crippen LogP contribution is 2.16. The molecule has 0 aliphatic heterocycles. The van der Waals surface area contributed by atoms with Gasteiger partial charge in [0.1, 0.15) is 6.54 Å². The quantitative estimate of drug-likeness (QED) is 0.758. The topological polar surface area (TPSA) is 112 Å². The van der Waals surface area contributed by atoms with Crippen LogP contribution in [0.2, 0.25) is 0 Å². The number of nitrogens with zero attached hydrogens (tertiary/aromatic N) is 3. The molecule has 0 unspecified atom stereocenters. The van der Waals surface area contributed by atoms with E-state index in [4.69, 9.17) is 5.73 Å². The fourth-order valence-corrected chi connectivity index (χ4v) is 1.78. The van der Waals surface area contributed by atoms with Gasteiger partial charge < -0.3 is 15.8 Å². The molecule has 21 heavy (non-hydrogen) atoms. The molecule has 0 radical (unpaired) electrons. The zero-order chi connectivity index (χ0) is 15.2. The first-order valence-electron chi connectivity index (χ1n) is 6.20. The Labute approximate surface area is 120 Å². The predicted octanol–water partition coefficient (Wildman–Crippen LogP) is 0.162. The third-order valence-electron chi connectivity index (χ3n) is 2.81. The van der Waals surface area contributed by atoms with Crippen LogP contribution in [0.15, 0.2) is 30.5 Å². The van der Waals surface area contributed by atoms with Gasteiger partial charge in [-0.25, -0.2) is 9.48 Å². The van der Waals surface area contributed by atoms with Crippen LogP contribution in [0.25, 0.3) is 0 Å². The Bertz CT molecular complexity index is 653. The van der Waals surface area contributed by atoms with Crippen molar-refractivity contribution in [1.29, 1.82) is 0 Å². The molecule has 3 N–H and O–H groups in total. The number of hydrogen-bond donors (Lipinski definition) is 2. The summed E-state index contributed by atoms with van der Waals surface area (Å²) in [5.74, 6) is -0.860. The van der Waals surface area contributed by atoms with E-state index in [1.165, 1.54) is 18.0 Å². The number of rotatable bonds is 5. The summed E-state index contributed by atoms with van der Waals surface area (Å²) in [5, 5.41) is 10.1. The Morgan fingerprint density at radius 2 is 2.14 bits per heavy atom. The highest BCUT2D eigenvalue weighted by molar-refractivity contribution is 6.01. The molecule has 0 saturated heterocycles. The Morgan fingerprint density at radius 1 is 1.38 bits per heavy atom. The third-order valence-corrected chi connectivity index (χ3v) is 2.81. The van der Waals surface area contributed by atoms with Crippen molar-refractivity contribution < 1.29 is 14.3 Å². The van der Waals surface area contributed by atoms with Crippen molar-refractivity contribution >= 4 is 17.6 Å². The molecule has 0 fully saturated rings.